The van der Waals surface area contributed by atoms with Gasteiger partial charge in [0.25, 0.3) is 0 Å². The van der Waals surface area contributed by atoms with Crippen LogP contribution in [0.3, 0.4) is 0 Å². The molecule has 0 saturated carbocycles. The summed E-state index contributed by atoms with van der Waals surface area (Å²) in [6.45, 7) is 2.95. The van der Waals surface area contributed by atoms with Crippen molar-refractivity contribution in [2.24, 2.45) is 0 Å². The Morgan fingerprint density at radius 1 is 1.26 bits per heavy atom. The first kappa shape index (κ1) is 16.7. The quantitative estimate of drug-likeness (QED) is 0.562. The van der Waals surface area contributed by atoms with Crippen LogP contribution in [0.1, 0.15) is 56.7 Å². The highest BCUT2D eigenvalue weighted by Crippen LogP contribution is 2.21. The molecule has 1 rings (SSSR count). The van der Waals surface area contributed by atoms with E-state index in [0.29, 0.717) is 6.42 Å². The Hall–Kier alpha value is -0.350. The molecule has 0 spiro atoms. The van der Waals surface area contributed by atoms with E-state index >= 15 is 0 Å². The maximum absolute atomic E-state index is 12.0. The van der Waals surface area contributed by atoms with E-state index in [-0.39, 0.29) is 5.91 Å². The molecule has 0 N–H and O–H groups in total. The molecule has 0 aliphatic carbocycles. The third-order valence-electron chi connectivity index (χ3n) is 3.18. The lowest BCUT2D eigenvalue weighted by molar-refractivity contribution is -0.130. The van der Waals surface area contributed by atoms with Crippen molar-refractivity contribution in [2.75, 3.05) is 7.05 Å². The molecule has 4 heteroatoms. The van der Waals surface area contributed by atoms with Crippen LogP contribution in [0.25, 0.3) is 0 Å². The average Bonchev–Trinajstić information content (AvgIpc) is 2.78. The molecule has 0 fully saturated rings. The third-order valence-corrected chi connectivity index (χ3v) is 4.87. The van der Waals surface area contributed by atoms with Gasteiger partial charge < -0.3 is 4.90 Å². The van der Waals surface area contributed by atoms with Crippen LogP contribution < -0.4 is 0 Å². The van der Waals surface area contributed by atoms with Crippen molar-refractivity contribution in [3.8, 4) is 0 Å². The fourth-order valence-electron chi connectivity index (χ4n) is 2.01. The van der Waals surface area contributed by atoms with Gasteiger partial charge in [-0.25, -0.2) is 0 Å². The molecule has 0 aliphatic rings. The number of halogens is 1. The number of carbonyl (C=O) groups excluding carboxylic acids is 1. The highest BCUT2D eigenvalue weighted by Gasteiger charge is 2.09. The molecule has 1 amide bonds. The number of hydrogen-bond donors (Lipinski definition) is 0. The molecular weight excluding hydrogens is 322 g/mol. The van der Waals surface area contributed by atoms with Crippen molar-refractivity contribution in [3.05, 3.63) is 20.8 Å². The number of rotatable bonds is 9. The van der Waals surface area contributed by atoms with E-state index in [0.717, 1.165) is 17.4 Å². The van der Waals surface area contributed by atoms with E-state index in [4.69, 9.17) is 0 Å². The molecule has 0 aliphatic heterocycles. The molecule has 2 nitrogen and oxygen atoms in total. The zero-order valence-corrected chi connectivity index (χ0v) is 14.4. The summed E-state index contributed by atoms with van der Waals surface area (Å²) in [6, 6.07) is 2.08. The minimum Gasteiger partial charge on any atom is -0.341 e. The summed E-state index contributed by atoms with van der Waals surface area (Å²) in [6.07, 6.45) is 8.08. The highest BCUT2D eigenvalue weighted by atomic mass is 79.9. The normalized spacial score (nSPS) is 10.7. The molecule has 1 heterocycles. The Morgan fingerprint density at radius 3 is 2.58 bits per heavy atom. The molecule has 108 valence electrons. The topological polar surface area (TPSA) is 20.3 Å². The highest BCUT2D eigenvalue weighted by molar-refractivity contribution is 9.10. The van der Waals surface area contributed by atoms with Crippen LogP contribution in [0.4, 0.5) is 0 Å². The lowest BCUT2D eigenvalue weighted by atomic mass is 10.1. The Balaban J connectivity index is 2.14. The second-order valence-corrected chi connectivity index (χ2v) is 6.91. The fourth-order valence-corrected chi connectivity index (χ4v) is 3.51. The van der Waals surface area contributed by atoms with E-state index in [1.807, 2.05) is 11.9 Å². The molecule has 0 atom stereocenters. The van der Waals surface area contributed by atoms with Crippen LogP contribution in [0.2, 0.25) is 0 Å². The molecule has 1 aromatic rings. The van der Waals surface area contributed by atoms with Gasteiger partial charge in [0.2, 0.25) is 5.91 Å². The smallest absolute Gasteiger partial charge is 0.222 e. The third kappa shape index (κ3) is 7.11. The fraction of sp³-hybridized carbons (Fsp3) is 0.667. The molecule has 0 bridgehead atoms. The van der Waals surface area contributed by atoms with Gasteiger partial charge >= 0.3 is 0 Å². The van der Waals surface area contributed by atoms with Gasteiger partial charge in [-0.15, -0.1) is 11.3 Å². The average molecular weight is 346 g/mol. The van der Waals surface area contributed by atoms with Gasteiger partial charge in [-0.2, -0.15) is 0 Å². The SMILES string of the molecule is CCCCCCCCC(=O)N(C)Cc1cc(Br)cs1. The molecule has 0 unspecified atom stereocenters. The number of thiophene rings is 1. The monoisotopic (exact) mass is 345 g/mol. The van der Waals surface area contributed by atoms with E-state index < -0.39 is 0 Å². The molecular formula is C15H24BrNOS. The van der Waals surface area contributed by atoms with Crippen molar-refractivity contribution in [1.82, 2.24) is 4.90 Å². The minimum atomic E-state index is 0.264. The summed E-state index contributed by atoms with van der Waals surface area (Å²) in [7, 11) is 1.90. The Kier molecular flexibility index (Phi) is 8.38. The first-order valence-electron chi connectivity index (χ1n) is 7.10. The Morgan fingerprint density at radius 2 is 1.95 bits per heavy atom. The van der Waals surface area contributed by atoms with Crippen molar-refractivity contribution >= 4 is 33.2 Å². The second kappa shape index (κ2) is 9.54. The standard InChI is InChI=1S/C15H24BrNOS/c1-3-4-5-6-7-8-9-15(18)17(2)11-14-10-13(16)12-19-14/h10,12H,3-9,11H2,1-2H3. The number of carbonyl (C=O) groups is 1. The predicted octanol–water partition coefficient (Wildman–Crippen LogP) is 5.22. The van der Waals surface area contributed by atoms with Gasteiger partial charge in [0.05, 0.1) is 6.54 Å². The lowest BCUT2D eigenvalue weighted by Gasteiger charge is -2.16. The van der Waals surface area contributed by atoms with Crippen LogP contribution in [0.15, 0.2) is 15.9 Å². The molecule has 1 aromatic heterocycles. The zero-order chi connectivity index (χ0) is 14.1. The van der Waals surface area contributed by atoms with E-state index in [1.54, 1.807) is 11.3 Å². The van der Waals surface area contributed by atoms with Crippen LogP contribution in [0, 0.1) is 0 Å². The van der Waals surface area contributed by atoms with Crippen molar-refractivity contribution in [2.45, 2.75) is 58.4 Å². The maximum atomic E-state index is 12.0. The lowest BCUT2D eigenvalue weighted by Crippen LogP contribution is -2.25. The Bertz CT molecular complexity index is 378. The van der Waals surface area contributed by atoms with Crippen molar-refractivity contribution in [1.29, 1.82) is 0 Å². The van der Waals surface area contributed by atoms with Crippen LogP contribution >= 0.6 is 27.3 Å². The van der Waals surface area contributed by atoms with E-state index in [9.17, 15) is 4.79 Å². The predicted molar refractivity (Wildman–Crippen MR) is 86.5 cm³/mol. The molecule has 0 saturated heterocycles. The number of amides is 1. The van der Waals surface area contributed by atoms with Gasteiger partial charge in [0.15, 0.2) is 0 Å². The number of unbranched alkanes of at least 4 members (excludes halogenated alkanes) is 5. The summed E-state index contributed by atoms with van der Waals surface area (Å²) in [5.74, 6) is 0.264. The molecule has 19 heavy (non-hydrogen) atoms. The largest absolute Gasteiger partial charge is 0.341 e. The van der Waals surface area contributed by atoms with E-state index in [1.165, 1.54) is 37.0 Å². The molecule has 0 radical (unpaired) electrons. The second-order valence-electron chi connectivity index (χ2n) is 5.00. The van der Waals surface area contributed by atoms with Crippen LogP contribution in [-0.2, 0) is 11.3 Å². The van der Waals surface area contributed by atoms with Gasteiger partial charge in [-0.1, -0.05) is 39.0 Å². The maximum Gasteiger partial charge on any atom is 0.222 e. The minimum absolute atomic E-state index is 0.264. The summed E-state index contributed by atoms with van der Waals surface area (Å²) < 4.78 is 1.10. The zero-order valence-electron chi connectivity index (χ0n) is 12.0. The van der Waals surface area contributed by atoms with E-state index in [2.05, 4.69) is 34.3 Å². The Labute approximate surface area is 129 Å². The summed E-state index contributed by atoms with van der Waals surface area (Å²) in [5.41, 5.74) is 0. The van der Waals surface area contributed by atoms with Crippen molar-refractivity contribution < 1.29 is 4.79 Å². The number of nitrogens with zero attached hydrogens (tertiary/aromatic N) is 1. The summed E-state index contributed by atoms with van der Waals surface area (Å²) in [5, 5.41) is 2.06. The van der Waals surface area contributed by atoms with Gasteiger partial charge in [0.1, 0.15) is 0 Å². The van der Waals surface area contributed by atoms with Gasteiger partial charge in [0, 0.05) is 28.2 Å². The van der Waals surface area contributed by atoms with Crippen molar-refractivity contribution in [3.63, 3.8) is 0 Å². The summed E-state index contributed by atoms with van der Waals surface area (Å²) >= 11 is 5.13. The number of hydrogen-bond acceptors (Lipinski definition) is 2. The van der Waals surface area contributed by atoms with Gasteiger partial charge in [-0.3, -0.25) is 4.79 Å². The van der Waals surface area contributed by atoms with Crippen LogP contribution in [0.5, 0.6) is 0 Å². The van der Waals surface area contributed by atoms with Gasteiger partial charge in [-0.05, 0) is 28.4 Å². The summed E-state index contributed by atoms with van der Waals surface area (Å²) in [4.78, 5) is 15.0. The first-order valence-corrected chi connectivity index (χ1v) is 8.77. The first-order chi connectivity index (χ1) is 9.13. The van der Waals surface area contributed by atoms with Crippen LogP contribution in [-0.4, -0.2) is 17.9 Å². The molecule has 0 aromatic carbocycles.